The number of benzene rings is 1. The summed E-state index contributed by atoms with van der Waals surface area (Å²) in [6.45, 7) is 3.97. The van der Waals surface area contributed by atoms with Gasteiger partial charge in [0.2, 0.25) is 12.6 Å². The first-order valence-corrected chi connectivity index (χ1v) is 9.33. The number of fused-ring (bicyclic) bond motifs is 2. The van der Waals surface area contributed by atoms with Gasteiger partial charge in [-0.05, 0) is 38.1 Å². The van der Waals surface area contributed by atoms with Crippen molar-refractivity contribution >= 4 is 28.2 Å². The van der Waals surface area contributed by atoms with Crippen LogP contribution in [0, 0.1) is 13.8 Å². The lowest BCUT2D eigenvalue weighted by Gasteiger charge is -2.00. The highest BCUT2D eigenvalue weighted by Crippen LogP contribution is 2.36. The Bertz CT molecular complexity index is 1230. The number of carbonyl (C=O) groups excluding carboxylic acids is 1. The SMILES string of the molecule is Cc1cc(C)n2nc(C(=O)Nc3nc(-c4ccc5c(c4)OCO5)cs3)nc2n1. The fraction of sp³-hybridized carbons (Fsp3) is 0.167. The van der Waals surface area contributed by atoms with Crippen molar-refractivity contribution in [3.05, 3.63) is 46.9 Å². The molecule has 1 amide bonds. The molecule has 3 aromatic heterocycles. The summed E-state index contributed by atoms with van der Waals surface area (Å²) in [7, 11) is 0. The number of carbonyl (C=O) groups is 1. The van der Waals surface area contributed by atoms with Crippen LogP contribution in [0.25, 0.3) is 17.0 Å². The maximum Gasteiger partial charge on any atom is 0.297 e. The minimum Gasteiger partial charge on any atom is -0.454 e. The van der Waals surface area contributed by atoms with Crippen LogP contribution >= 0.6 is 11.3 Å². The molecule has 10 heteroatoms. The Hall–Kier alpha value is -3.53. The molecule has 1 aliphatic heterocycles. The topological polar surface area (TPSA) is 104 Å². The van der Waals surface area contributed by atoms with Crippen LogP contribution in [0.3, 0.4) is 0 Å². The molecule has 0 unspecified atom stereocenters. The molecule has 28 heavy (non-hydrogen) atoms. The second-order valence-corrected chi connectivity index (χ2v) is 7.10. The van der Waals surface area contributed by atoms with Crippen LogP contribution in [0.2, 0.25) is 0 Å². The minimum atomic E-state index is -0.436. The van der Waals surface area contributed by atoms with E-state index in [-0.39, 0.29) is 12.6 Å². The van der Waals surface area contributed by atoms with Crippen molar-refractivity contribution in [1.82, 2.24) is 24.6 Å². The molecule has 4 heterocycles. The Morgan fingerprint density at radius 3 is 2.89 bits per heavy atom. The van der Waals surface area contributed by atoms with Crippen molar-refractivity contribution < 1.29 is 14.3 Å². The van der Waals surface area contributed by atoms with Gasteiger partial charge in [0.1, 0.15) is 0 Å². The number of ether oxygens (including phenoxy) is 2. The number of amides is 1. The van der Waals surface area contributed by atoms with Gasteiger partial charge < -0.3 is 9.47 Å². The zero-order valence-corrected chi connectivity index (χ0v) is 15.8. The normalized spacial score (nSPS) is 12.5. The van der Waals surface area contributed by atoms with Crippen LogP contribution in [0.4, 0.5) is 5.13 Å². The van der Waals surface area contributed by atoms with Gasteiger partial charge in [-0.15, -0.1) is 16.4 Å². The van der Waals surface area contributed by atoms with Gasteiger partial charge in [-0.2, -0.15) is 4.98 Å². The number of aryl methyl sites for hydroxylation is 2. The van der Waals surface area contributed by atoms with Crippen LogP contribution in [0.1, 0.15) is 22.0 Å². The van der Waals surface area contributed by atoms with Crippen LogP contribution in [-0.4, -0.2) is 37.3 Å². The summed E-state index contributed by atoms with van der Waals surface area (Å²) in [6, 6.07) is 7.48. The number of rotatable bonds is 3. The first-order valence-electron chi connectivity index (χ1n) is 8.45. The van der Waals surface area contributed by atoms with Gasteiger partial charge >= 0.3 is 0 Å². The lowest BCUT2D eigenvalue weighted by atomic mass is 10.1. The van der Waals surface area contributed by atoms with E-state index < -0.39 is 5.91 Å². The van der Waals surface area contributed by atoms with Crippen LogP contribution in [0.15, 0.2) is 29.6 Å². The van der Waals surface area contributed by atoms with E-state index in [0.29, 0.717) is 22.4 Å². The predicted octanol–water partition coefficient (Wildman–Crippen LogP) is 2.85. The highest BCUT2D eigenvalue weighted by atomic mass is 32.1. The lowest BCUT2D eigenvalue weighted by Crippen LogP contribution is -2.13. The predicted molar refractivity (Wildman–Crippen MR) is 102 cm³/mol. The molecule has 0 bridgehead atoms. The molecule has 0 spiro atoms. The zero-order chi connectivity index (χ0) is 19.3. The van der Waals surface area contributed by atoms with E-state index in [0.717, 1.165) is 22.6 Å². The Kier molecular flexibility index (Phi) is 3.72. The van der Waals surface area contributed by atoms with Gasteiger partial charge in [0, 0.05) is 22.3 Å². The van der Waals surface area contributed by atoms with E-state index in [2.05, 4.69) is 25.4 Å². The molecule has 0 saturated heterocycles. The van der Waals surface area contributed by atoms with E-state index in [1.54, 1.807) is 4.52 Å². The largest absolute Gasteiger partial charge is 0.454 e. The number of thiazole rings is 1. The molecule has 0 atom stereocenters. The quantitative estimate of drug-likeness (QED) is 0.570. The number of nitrogens with one attached hydrogen (secondary N) is 1. The molecular weight excluding hydrogens is 380 g/mol. The fourth-order valence-corrected chi connectivity index (χ4v) is 3.65. The molecule has 0 aliphatic carbocycles. The molecule has 5 rings (SSSR count). The summed E-state index contributed by atoms with van der Waals surface area (Å²) in [5, 5.41) is 9.29. The van der Waals surface area contributed by atoms with E-state index in [1.165, 1.54) is 11.3 Å². The Labute approximate surface area is 163 Å². The van der Waals surface area contributed by atoms with Crippen molar-refractivity contribution in [2.45, 2.75) is 13.8 Å². The van der Waals surface area contributed by atoms with Gasteiger partial charge in [-0.25, -0.2) is 14.5 Å². The number of hydrogen-bond acceptors (Lipinski definition) is 8. The molecule has 0 radical (unpaired) electrons. The highest BCUT2D eigenvalue weighted by molar-refractivity contribution is 7.14. The smallest absolute Gasteiger partial charge is 0.297 e. The van der Waals surface area contributed by atoms with Crippen molar-refractivity contribution in [2.24, 2.45) is 0 Å². The zero-order valence-electron chi connectivity index (χ0n) is 15.0. The van der Waals surface area contributed by atoms with Gasteiger partial charge in [0.05, 0.1) is 5.69 Å². The fourth-order valence-electron chi connectivity index (χ4n) is 2.94. The number of hydrogen-bond donors (Lipinski definition) is 1. The van der Waals surface area contributed by atoms with Crippen molar-refractivity contribution in [3.63, 3.8) is 0 Å². The van der Waals surface area contributed by atoms with Crippen LogP contribution in [-0.2, 0) is 0 Å². The Balaban J connectivity index is 1.38. The minimum absolute atomic E-state index is 0.0426. The average molecular weight is 394 g/mol. The monoisotopic (exact) mass is 394 g/mol. The van der Waals surface area contributed by atoms with E-state index in [1.807, 2.05) is 43.5 Å². The molecular formula is C18H14N6O3S. The molecule has 1 aromatic carbocycles. The first-order chi connectivity index (χ1) is 13.6. The second-order valence-electron chi connectivity index (χ2n) is 6.25. The summed E-state index contributed by atoms with van der Waals surface area (Å²) in [6.07, 6.45) is 0. The van der Waals surface area contributed by atoms with E-state index in [9.17, 15) is 4.79 Å². The second kappa shape index (κ2) is 6.27. The molecule has 4 aromatic rings. The summed E-state index contributed by atoms with van der Waals surface area (Å²) >= 11 is 1.32. The van der Waals surface area contributed by atoms with Crippen LogP contribution in [0.5, 0.6) is 11.5 Å². The number of aromatic nitrogens is 5. The van der Waals surface area contributed by atoms with Gasteiger partial charge in [0.15, 0.2) is 16.6 Å². The summed E-state index contributed by atoms with van der Waals surface area (Å²) in [5.41, 5.74) is 3.28. The van der Waals surface area contributed by atoms with Crippen molar-refractivity contribution in [2.75, 3.05) is 12.1 Å². The third-order valence-electron chi connectivity index (χ3n) is 4.21. The van der Waals surface area contributed by atoms with Gasteiger partial charge in [0.25, 0.3) is 11.7 Å². The Morgan fingerprint density at radius 2 is 2.00 bits per heavy atom. The molecule has 0 fully saturated rings. The first kappa shape index (κ1) is 16.6. The number of nitrogens with zero attached hydrogens (tertiary/aromatic N) is 5. The molecule has 1 aliphatic rings. The third kappa shape index (κ3) is 2.83. The van der Waals surface area contributed by atoms with Crippen molar-refractivity contribution in [3.8, 4) is 22.8 Å². The number of anilines is 1. The maximum atomic E-state index is 12.5. The molecule has 140 valence electrons. The average Bonchev–Trinajstić information content (AvgIpc) is 3.39. The summed E-state index contributed by atoms with van der Waals surface area (Å²) < 4.78 is 12.3. The Morgan fingerprint density at radius 1 is 1.14 bits per heavy atom. The molecule has 0 saturated carbocycles. The summed E-state index contributed by atoms with van der Waals surface area (Å²) in [5.74, 6) is 1.39. The standard InChI is InChI=1S/C18H14N6O3S/c1-9-5-10(2)24-17(19-9)21-15(23-24)16(25)22-18-20-12(7-28-18)11-3-4-13-14(6-11)27-8-26-13/h3-7H,8H2,1-2H3,(H,20,22,25). The van der Waals surface area contributed by atoms with Gasteiger partial charge in [-0.3, -0.25) is 10.1 Å². The molecule has 1 N–H and O–H groups in total. The molecule has 9 nitrogen and oxygen atoms in total. The van der Waals surface area contributed by atoms with E-state index >= 15 is 0 Å². The van der Waals surface area contributed by atoms with Crippen LogP contribution < -0.4 is 14.8 Å². The van der Waals surface area contributed by atoms with E-state index in [4.69, 9.17) is 9.47 Å². The lowest BCUT2D eigenvalue weighted by molar-refractivity contribution is 0.101. The van der Waals surface area contributed by atoms with Gasteiger partial charge in [-0.1, -0.05) is 0 Å². The van der Waals surface area contributed by atoms with Crippen molar-refractivity contribution in [1.29, 1.82) is 0 Å². The summed E-state index contributed by atoms with van der Waals surface area (Å²) in [4.78, 5) is 25.5. The highest BCUT2D eigenvalue weighted by Gasteiger charge is 2.18. The maximum absolute atomic E-state index is 12.5. The third-order valence-corrected chi connectivity index (χ3v) is 4.97.